The number of carbonyl (C=O) groups is 3. The van der Waals surface area contributed by atoms with Gasteiger partial charge in [0.2, 0.25) is 5.91 Å². The van der Waals surface area contributed by atoms with E-state index in [0.717, 1.165) is 37.1 Å². The predicted octanol–water partition coefficient (Wildman–Crippen LogP) is 0.213. The molecule has 2 unspecified atom stereocenters. The monoisotopic (exact) mass is 310 g/mol. The van der Waals surface area contributed by atoms with Crippen LogP contribution in [0.3, 0.4) is 0 Å². The predicted molar refractivity (Wildman–Crippen MR) is 82.2 cm³/mol. The molecule has 2 atom stereocenters. The lowest BCUT2D eigenvalue weighted by Crippen LogP contribution is -2.54. The van der Waals surface area contributed by atoms with Crippen LogP contribution < -0.4 is 16.0 Å². The maximum Gasteiger partial charge on any atom is 0.325 e. The standard InChI is InChI=1S/C15H26N4O3/c1-11-6-3-4-7-15(11)13(21)19(14(22)18-15)10-12(20)17-9-5-8-16-2/h11,16H,3-10H2,1-2H3,(H,17,20)(H,18,22). The van der Waals surface area contributed by atoms with Gasteiger partial charge in [-0.25, -0.2) is 4.79 Å². The van der Waals surface area contributed by atoms with E-state index in [4.69, 9.17) is 0 Å². The second kappa shape index (κ2) is 7.09. The molecule has 1 saturated carbocycles. The molecule has 1 spiro atoms. The Morgan fingerprint density at radius 3 is 2.82 bits per heavy atom. The third kappa shape index (κ3) is 3.24. The molecule has 0 aromatic heterocycles. The Morgan fingerprint density at radius 2 is 2.14 bits per heavy atom. The highest BCUT2D eigenvalue weighted by Gasteiger charge is 2.55. The average Bonchev–Trinajstić information content (AvgIpc) is 2.72. The first-order valence-electron chi connectivity index (χ1n) is 8.06. The van der Waals surface area contributed by atoms with Crippen molar-refractivity contribution in [2.45, 2.75) is 44.6 Å². The smallest absolute Gasteiger partial charge is 0.325 e. The summed E-state index contributed by atoms with van der Waals surface area (Å²) >= 11 is 0. The SMILES string of the molecule is CNCCCNC(=O)CN1C(=O)NC2(CCCCC2C)C1=O. The third-order valence-corrected chi connectivity index (χ3v) is 4.73. The van der Waals surface area contributed by atoms with Gasteiger partial charge in [-0.15, -0.1) is 0 Å². The molecule has 2 fully saturated rings. The van der Waals surface area contributed by atoms with Crippen LogP contribution in [0.5, 0.6) is 0 Å². The molecule has 1 heterocycles. The van der Waals surface area contributed by atoms with Crippen LogP contribution in [-0.4, -0.2) is 55.0 Å². The van der Waals surface area contributed by atoms with Crippen molar-refractivity contribution in [3.8, 4) is 0 Å². The molecule has 1 aliphatic heterocycles. The first-order valence-corrected chi connectivity index (χ1v) is 8.06. The minimum atomic E-state index is -0.790. The van der Waals surface area contributed by atoms with E-state index in [1.807, 2.05) is 14.0 Å². The van der Waals surface area contributed by atoms with Crippen LogP contribution in [0.15, 0.2) is 0 Å². The van der Waals surface area contributed by atoms with Crippen LogP contribution in [0.1, 0.15) is 39.0 Å². The van der Waals surface area contributed by atoms with Crippen molar-refractivity contribution in [2.75, 3.05) is 26.7 Å². The van der Waals surface area contributed by atoms with Crippen LogP contribution >= 0.6 is 0 Å². The van der Waals surface area contributed by atoms with Gasteiger partial charge in [-0.1, -0.05) is 19.8 Å². The summed E-state index contributed by atoms with van der Waals surface area (Å²) < 4.78 is 0. The number of amides is 4. The number of nitrogens with zero attached hydrogens (tertiary/aromatic N) is 1. The average molecular weight is 310 g/mol. The Kier molecular flexibility index (Phi) is 5.39. The maximum atomic E-state index is 12.7. The van der Waals surface area contributed by atoms with Crippen LogP contribution in [0.25, 0.3) is 0 Å². The lowest BCUT2D eigenvalue weighted by atomic mass is 9.73. The Balaban J connectivity index is 1.93. The van der Waals surface area contributed by atoms with Gasteiger partial charge < -0.3 is 16.0 Å². The van der Waals surface area contributed by atoms with Gasteiger partial charge >= 0.3 is 6.03 Å². The van der Waals surface area contributed by atoms with Crippen molar-refractivity contribution in [2.24, 2.45) is 5.92 Å². The van der Waals surface area contributed by atoms with E-state index < -0.39 is 11.6 Å². The number of nitrogens with one attached hydrogen (secondary N) is 3. The molecule has 3 N–H and O–H groups in total. The van der Waals surface area contributed by atoms with Crippen molar-refractivity contribution >= 4 is 17.8 Å². The van der Waals surface area contributed by atoms with Gasteiger partial charge in [-0.2, -0.15) is 0 Å². The molecule has 4 amide bonds. The number of urea groups is 1. The molecular formula is C15H26N4O3. The molecule has 0 bridgehead atoms. The molecular weight excluding hydrogens is 284 g/mol. The highest BCUT2D eigenvalue weighted by molar-refractivity contribution is 6.09. The Labute approximate surface area is 131 Å². The highest BCUT2D eigenvalue weighted by Crippen LogP contribution is 2.37. The van der Waals surface area contributed by atoms with Crippen LogP contribution in [0.2, 0.25) is 0 Å². The normalized spacial score (nSPS) is 28.1. The largest absolute Gasteiger partial charge is 0.354 e. The molecule has 0 radical (unpaired) electrons. The minimum Gasteiger partial charge on any atom is -0.354 e. The maximum absolute atomic E-state index is 12.7. The first-order chi connectivity index (χ1) is 10.5. The van der Waals surface area contributed by atoms with Crippen molar-refractivity contribution in [3.05, 3.63) is 0 Å². The van der Waals surface area contributed by atoms with Gasteiger partial charge in [0.1, 0.15) is 12.1 Å². The summed E-state index contributed by atoms with van der Waals surface area (Å²) in [5.74, 6) is -0.420. The number of hydrogen-bond acceptors (Lipinski definition) is 4. The Morgan fingerprint density at radius 1 is 1.36 bits per heavy atom. The number of carbonyl (C=O) groups excluding carboxylic acids is 3. The minimum absolute atomic E-state index is 0.112. The molecule has 1 saturated heterocycles. The molecule has 7 nitrogen and oxygen atoms in total. The summed E-state index contributed by atoms with van der Waals surface area (Å²) in [6, 6.07) is -0.441. The third-order valence-electron chi connectivity index (χ3n) is 4.73. The van der Waals surface area contributed by atoms with E-state index in [1.54, 1.807) is 0 Å². The molecule has 124 valence electrons. The first kappa shape index (κ1) is 16.7. The van der Waals surface area contributed by atoms with E-state index in [2.05, 4.69) is 16.0 Å². The van der Waals surface area contributed by atoms with Gasteiger partial charge in [0.05, 0.1) is 0 Å². The second-order valence-electron chi connectivity index (χ2n) is 6.25. The number of hydrogen-bond donors (Lipinski definition) is 3. The van der Waals surface area contributed by atoms with Gasteiger partial charge in [-0.05, 0) is 38.8 Å². The van der Waals surface area contributed by atoms with Crippen molar-refractivity contribution in [3.63, 3.8) is 0 Å². The summed E-state index contributed by atoms with van der Waals surface area (Å²) in [6.07, 6.45) is 4.41. The molecule has 22 heavy (non-hydrogen) atoms. The van der Waals surface area contributed by atoms with Gasteiger partial charge in [0.25, 0.3) is 5.91 Å². The lowest BCUT2D eigenvalue weighted by Gasteiger charge is -2.36. The summed E-state index contributed by atoms with van der Waals surface area (Å²) in [7, 11) is 1.85. The van der Waals surface area contributed by atoms with E-state index >= 15 is 0 Å². The number of imide groups is 1. The molecule has 1 aliphatic carbocycles. The van der Waals surface area contributed by atoms with Gasteiger partial charge in [0, 0.05) is 6.54 Å². The van der Waals surface area contributed by atoms with Crippen molar-refractivity contribution in [1.29, 1.82) is 0 Å². The second-order valence-corrected chi connectivity index (χ2v) is 6.25. The van der Waals surface area contributed by atoms with Gasteiger partial charge in [0.15, 0.2) is 0 Å². The van der Waals surface area contributed by atoms with Crippen LogP contribution in [-0.2, 0) is 9.59 Å². The topological polar surface area (TPSA) is 90.5 Å². The van der Waals surface area contributed by atoms with E-state index in [9.17, 15) is 14.4 Å². The Hall–Kier alpha value is -1.63. The molecule has 0 aromatic carbocycles. The summed E-state index contributed by atoms with van der Waals surface area (Å²) in [5.41, 5.74) is -0.790. The molecule has 7 heteroatoms. The van der Waals surface area contributed by atoms with Crippen LogP contribution in [0.4, 0.5) is 4.79 Å². The van der Waals surface area contributed by atoms with Gasteiger partial charge in [-0.3, -0.25) is 14.5 Å². The molecule has 2 rings (SSSR count). The fourth-order valence-corrected chi connectivity index (χ4v) is 3.33. The fraction of sp³-hybridized carbons (Fsp3) is 0.800. The quantitative estimate of drug-likeness (QED) is 0.483. The zero-order valence-electron chi connectivity index (χ0n) is 13.4. The zero-order valence-corrected chi connectivity index (χ0v) is 13.4. The van der Waals surface area contributed by atoms with Crippen molar-refractivity contribution in [1.82, 2.24) is 20.9 Å². The summed E-state index contributed by atoms with van der Waals surface area (Å²) in [4.78, 5) is 37.8. The molecule has 2 aliphatic rings. The summed E-state index contributed by atoms with van der Waals surface area (Å²) in [6.45, 7) is 3.15. The van der Waals surface area contributed by atoms with Crippen molar-refractivity contribution < 1.29 is 14.4 Å². The fourth-order valence-electron chi connectivity index (χ4n) is 3.33. The van der Waals surface area contributed by atoms with E-state index in [0.29, 0.717) is 13.0 Å². The zero-order chi connectivity index (χ0) is 16.2. The number of rotatable bonds is 6. The lowest BCUT2D eigenvalue weighted by molar-refractivity contribution is -0.137. The summed E-state index contributed by atoms with van der Waals surface area (Å²) in [5, 5.41) is 8.58. The Bertz CT molecular complexity index is 454. The van der Waals surface area contributed by atoms with Crippen LogP contribution in [0, 0.1) is 5.92 Å². The molecule has 0 aromatic rings. The van der Waals surface area contributed by atoms with E-state index in [1.165, 1.54) is 0 Å². The highest BCUT2D eigenvalue weighted by atomic mass is 16.2. The van der Waals surface area contributed by atoms with E-state index in [-0.39, 0.29) is 24.3 Å².